The second kappa shape index (κ2) is 6.73. The van der Waals surface area contributed by atoms with Crippen LogP contribution in [0.5, 0.6) is 0 Å². The summed E-state index contributed by atoms with van der Waals surface area (Å²) < 4.78 is 0. The van der Waals surface area contributed by atoms with Crippen molar-refractivity contribution in [3.63, 3.8) is 0 Å². The number of rotatable bonds is 5. The van der Waals surface area contributed by atoms with Crippen LogP contribution in [-0.4, -0.2) is 12.5 Å². The molecule has 0 aromatic heterocycles. The molecule has 0 bridgehead atoms. The van der Waals surface area contributed by atoms with Crippen molar-refractivity contribution in [3.05, 3.63) is 65.2 Å². The highest BCUT2D eigenvalue weighted by atomic mass is 16.1. The van der Waals surface area contributed by atoms with E-state index in [-0.39, 0.29) is 5.91 Å². The van der Waals surface area contributed by atoms with Crippen LogP contribution in [0.3, 0.4) is 0 Å². The number of benzene rings is 2. The first kappa shape index (κ1) is 14.1. The summed E-state index contributed by atoms with van der Waals surface area (Å²) in [6, 6.07) is 15.5. The zero-order valence-corrected chi connectivity index (χ0v) is 11.5. The maximum absolute atomic E-state index is 12.1. The summed E-state index contributed by atoms with van der Waals surface area (Å²) in [5.74, 6) is 5.29. The molecule has 0 atom stereocenters. The fourth-order valence-corrected chi connectivity index (χ4v) is 2.07. The number of nitrogens with two attached hydrogens (primary N) is 1. The van der Waals surface area contributed by atoms with Crippen LogP contribution in [0.25, 0.3) is 0 Å². The molecule has 2 aromatic rings. The Morgan fingerprint density at radius 1 is 1.15 bits per heavy atom. The normalized spacial score (nSPS) is 10.1. The van der Waals surface area contributed by atoms with Gasteiger partial charge in [0.25, 0.3) is 5.91 Å². The molecule has 0 saturated heterocycles. The van der Waals surface area contributed by atoms with E-state index < -0.39 is 0 Å². The SMILES string of the molecule is Cc1cc(NN)ccc1C(=O)NCCc1ccccc1. The van der Waals surface area contributed by atoms with Crippen LogP contribution in [0.1, 0.15) is 21.5 Å². The van der Waals surface area contributed by atoms with Gasteiger partial charge in [-0.1, -0.05) is 30.3 Å². The number of nitrogen functional groups attached to an aromatic ring is 1. The van der Waals surface area contributed by atoms with Crippen LogP contribution in [0, 0.1) is 6.92 Å². The van der Waals surface area contributed by atoms with Crippen molar-refractivity contribution >= 4 is 11.6 Å². The molecule has 0 aliphatic rings. The lowest BCUT2D eigenvalue weighted by atomic mass is 10.1. The molecule has 2 rings (SSSR count). The van der Waals surface area contributed by atoms with E-state index in [4.69, 9.17) is 5.84 Å². The van der Waals surface area contributed by atoms with Gasteiger partial charge in [0.15, 0.2) is 0 Å². The monoisotopic (exact) mass is 269 g/mol. The van der Waals surface area contributed by atoms with E-state index in [1.807, 2.05) is 31.2 Å². The van der Waals surface area contributed by atoms with E-state index >= 15 is 0 Å². The lowest BCUT2D eigenvalue weighted by Gasteiger charge is -2.09. The van der Waals surface area contributed by atoms with Gasteiger partial charge < -0.3 is 10.7 Å². The van der Waals surface area contributed by atoms with Crippen molar-refractivity contribution in [2.24, 2.45) is 5.84 Å². The minimum absolute atomic E-state index is 0.0537. The smallest absolute Gasteiger partial charge is 0.251 e. The van der Waals surface area contributed by atoms with Gasteiger partial charge in [0, 0.05) is 17.8 Å². The van der Waals surface area contributed by atoms with E-state index in [9.17, 15) is 4.79 Å². The zero-order valence-electron chi connectivity index (χ0n) is 11.5. The number of hydrogen-bond acceptors (Lipinski definition) is 3. The minimum Gasteiger partial charge on any atom is -0.352 e. The standard InChI is InChI=1S/C16H19N3O/c1-12-11-14(19-17)7-8-15(12)16(20)18-10-9-13-5-3-2-4-6-13/h2-8,11,19H,9-10,17H2,1H3,(H,18,20). The molecule has 0 aliphatic heterocycles. The maximum atomic E-state index is 12.1. The lowest BCUT2D eigenvalue weighted by Crippen LogP contribution is -2.26. The third-order valence-electron chi connectivity index (χ3n) is 3.18. The van der Waals surface area contributed by atoms with E-state index in [1.165, 1.54) is 5.56 Å². The highest BCUT2D eigenvalue weighted by Crippen LogP contribution is 2.14. The van der Waals surface area contributed by atoms with Crippen LogP contribution in [0.2, 0.25) is 0 Å². The first-order chi connectivity index (χ1) is 9.70. The molecule has 0 saturated carbocycles. The van der Waals surface area contributed by atoms with Gasteiger partial charge in [0.2, 0.25) is 0 Å². The maximum Gasteiger partial charge on any atom is 0.251 e. The number of carbonyl (C=O) groups is 1. The van der Waals surface area contributed by atoms with Crippen molar-refractivity contribution in [3.8, 4) is 0 Å². The molecule has 104 valence electrons. The lowest BCUT2D eigenvalue weighted by molar-refractivity contribution is 0.0953. The van der Waals surface area contributed by atoms with Gasteiger partial charge in [0.05, 0.1) is 0 Å². The van der Waals surface area contributed by atoms with Gasteiger partial charge in [0.1, 0.15) is 0 Å². The molecule has 1 amide bonds. The van der Waals surface area contributed by atoms with Crippen molar-refractivity contribution in [1.82, 2.24) is 5.32 Å². The van der Waals surface area contributed by atoms with Crippen molar-refractivity contribution in [1.29, 1.82) is 0 Å². The molecular formula is C16H19N3O. The largest absolute Gasteiger partial charge is 0.352 e. The molecule has 4 nitrogen and oxygen atoms in total. The molecular weight excluding hydrogens is 250 g/mol. The summed E-state index contributed by atoms with van der Waals surface area (Å²) in [7, 11) is 0. The van der Waals surface area contributed by atoms with Crippen LogP contribution >= 0.6 is 0 Å². The van der Waals surface area contributed by atoms with E-state index in [1.54, 1.807) is 12.1 Å². The van der Waals surface area contributed by atoms with E-state index in [0.29, 0.717) is 12.1 Å². The van der Waals surface area contributed by atoms with Crippen molar-refractivity contribution in [2.45, 2.75) is 13.3 Å². The number of anilines is 1. The summed E-state index contributed by atoms with van der Waals surface area (Å²) in [5, 5.41) is 2.94. The molecule has 0 fully saturated rings. The second-order valence-electron chi connectivity index (χ2n) is 4.67. The Labute approximate surface area is 119 Å². The number of amides is 1. The number of hydrazine groups is 1. The molecule has 20 heavy (non-hydrogen) atoms. The molecule has 0 aliphatic carbocycles. The number of carbonyl (C=O) groups excluding carboxylic acids is 1. The fraction of sp³-hybridized carbons (Fsp3) is 0.188. The third-order valence-corrected chi connectivity index (χ3v) is 3.18. The average molecular weight is 269 g/mol. The predicted molar refractivity (Wildman–Crippen MR) is 81.5 cm³/mol. The highest BCUT2D eigenvalue weighted by Gasteiger charge is 2.08. The Balaban J connectivity index is 1.92. The van der Waals surface area contributed by atoms with Gasteiger partial charge >= 0.3 is 0 Å². The van der Waals surface area contributed by atoms with Gasteiger partial charge in [-0.2, -0.15) is 0 Å². The summed E-state index contributed by atoms with van der Waals surface area (Å²) in [6.45, 7) is 2.52. The Kier molecular flexibility index (Phi) is 4.74. The second-order valence-corrected chi connectivity index (χ2v) is 4.67. The summed E-state index contributed by atoms with van der Waals surface area (Å²) >= 11 is 0. The Morgan fingerprint density at radius 2 is 1.90 bits per heavy atom. The summed E-state index contributed by atoms with van der Waals surface area (Å²) in [5.41, 5.74) is 6.16. The topological polar surface area (TPSA) is 67.1 Å². The Hall–Kier alpha value is -2.33. The van der Waals surface area contributed by atoms with Crippen LogP contribution in [0.15, 0.2) is 48.5 Å². The molecule has 2 aromatic carbocycles. The van der Waals surface area contributed by atoms with Crippen LogP contribution in [-0.2, 0) is 6.42 Å². The van der Waals surface area contributed by atoms with Crippen LogP contribution < -0.4 is 16.6 Å². The van der Waals surface area contributed by atoms with Crippen LogP contribution in [0.4, 0.5) is 5.69 Å². The predicted octanol–water partition coefficient (Wildman–Crippen LogP) is 2.25. The molecule has 0 radical (unpaired) electrons. The highest BCUT2D eigenvalue weighted by molar-refractivity contribution is 5.96. The molecule has 4 heteroatoms. The Morgan fingerprint density at radius 3 is 2.55 bits per heavy atom. The first-order valence-corrected chi connectivity index (χ1v) is 6.60. The van der Waals surface area contributed by atoms with E-state index in [0.717, 1.165) is 17.7 Å². The quantitative estimate of drug-likeness (QED) is 0.576. The number of nitrogens with one attached hydrogen (secondary N) is 2. The Bertz CT molecular complexity index is 582. The zero-order chi connectivity index (χ0) is 14.4. The van der Waals surface area contributed by atoms with Gasteiger partial charge in [-0.15, -0.1) is 0 Å². The van der Waals surface area contributed by atoms with Gasteiger partial charge in [-0.05, 0) is 42.7 Å². The average Bonchev–Trinajstić information content (AvgIpc) is 2.48. The molecule has 0 unspecified atom stereocenters. The third kappa shape index (κ3) is 3.59. The van der Waals surface area contributed by atoms with Gasteiger partial charge in [-0.25, -0.2) is 0 Å². The van der Waals surface area contributed by atoms with Gasteiger partial charge in [-0.3, -0.25) is 10.6 Å². The number of aryl methyl sites for hydroxylation is 1. The summed E-state index contributed by atoms with van der Waals surface area (Å²) in [6.07, 6.45) is 0.827. The van der Waals surface area contributed by atoms with Crippen molar-refractivity contribution in [2.75, 3.05) is 12.0 Å². The van der Waals surface area contributed by atoms with E-state index in [2.05, 4.69) is 22.9 Å². The molecule has 4 N–H and O–H groups in total. The fourth-order valence-electron chi connectivity index (χ4n) is 2.07. The first-order valence-electron chi connectivity index (χ1n) is 6.60. The minimum atomic E-state index is -0.0537. The summed E-state index contributed by atoms with van der Waals surface area (Å²) in [4.78, 5) is 12.1. The molecule has 0 heterocycles. The van der Waals surface area contributed by atoms with Crippen molar-refractivity contribution < 1.29 is 4.79 Å². The number of hydrogen-bond donors (Lipinski definition) is 3. The molecule has 0 spiro atoms.